The molecule has 1 aliphatic rings. The minimum absolute atomic E-state index is 0.582. The van der Waals surface area contributed by atoms with E-state index in [1.165, 1.54) is 0 Å². The summed E-state index contributed by atoms with van der Waals surface area (Å²) in [6, 6.07) is 0. The SMILES string of the molecule is CCc1nncn1CCNC(=NC)NCCCOCC1CCOC1. The lowest BCUT2D eigenvalue weighted by Crippen LogP contribution is -2.39. The first kappa shape index (κ1) is 18.7. The Morgan fingerprint density at radius 2 is 2.33 bits per heavy atom. The molecule has 8 nitrogen and oxygen atoms in total. The van der Waals surface area contributed by atoms with Crippen LogP contribution in [0, 0.1) is 5.92 Å². The molecule has 1 aromatic rings. The molecule has 2 rings (SSSR count). The van der Waals surface area contributed by atoms with Crippen LogP contribution in [0.5, 0.6) is 0 Å². The predicted octanol–water partition coefficient (Wildman–Crippen LogP) is 0.449. The number of guanidine groups is 1. The average molecular weight is 338 g/mol. The lowest BCUT2D eigenvalue weighted by atomic mass is 10.1. The number of rotatable bonds is 10. The molecule has 0 spiro atoms. The number of aliphatic imine (C=N–C) groups is 1. The van der Waals surface area contributed by atoms with Crippen LogP contribution in [0.25, 0.3) is 0 Å². The second kappa shape index (κ2) is 11.0. The molecule has 2 heterocycles. The van der Waals surface area contributed by atoms with Gasteiger partial charge in [0.05, 0.1) is 13.2 Å². The van der Waals surface area contributed by atoms with Crippen LogP contribution in [0.4, 0.5) is 0 Å². The second-order valence-corrected chi connectivity index (χ2v) is 5.88. The highest BCUT2D eigenvalue weighted by atomic mass is 16.5. The highest BCUT2D eigenvalue weighted by molar-refractivity contribution is 5.79. The fourth-order valence-corrected chi connectivity index (χ4v) is 2.60. The molecule has 0 saturated carbocycles. The standard InChI is InChI=1S/C16H30N6O2/c1-3-15-21-20-13-22(15)8-7-19-16(17-2)18-6-4-9-23-11-14-5-10-24-12-14/h13-14H,3-12H2,1-2H3,(H2,17,18,19). The average Bonchev–Trinajstić information content (AvgIpc) is 3.27. The fourth-order valence-electron chi connectivity index (χ4n) is 2.60. The molecule has 0 amide bonds. The Bertz CT molecular complexity index is 485. The number of hydrogen-bond acceptors (Lipinski definition) is 5. The van der Waals surface area contributed by atoms with Crippen LogP contribution in [0.3, 0.4) is 0 Å². The van der Waals surface area contributed by atoms with Crippen molar-refractivity contribution in [2.75, 3.05) is 46.6 Å². The van der Waals surface area contributed by atoms with Crippen LogP contribution in [0.15, 0.2) is 11.3 Å². The van der Waals surface area contributed by atoms with Gasteiger partial charge in [0.15, 0.2) is 5.96 Å². The largest absolute Gasteiger partial charge is 0.381 e. The predicted molar refractivity (Wildman–Crippen MR) is 93.1 cm³/mol. The van der Waals surface area contributed by atoms with Gasteiger partial charge in [-0.05, 0) is 12.8 Å². The number of aromatic nitrogens is 3. The lowest BCUT2D eigenvalue weighted by molar-refractivity contribution is 0.0888. The van der Waals surface area contributed by atoms with Crippen LogP contribution >= 0.6 is 0 Å². The molecule has 24 heavy (non-hydrogen) atoms. The first-order valence-corrected chi connectivity index (χ1v) is 8.80. The molecule has 1 unspecified atom stereocenters. The van der Waals surface area contributed by atoms with Gasteiger partial charge < -0.3 is 24.7 Å². The summed E-state index contributed by atoms with van der Waals surface area (Å²) in [5, 5.41) is 14.6. The number of ether oxygens (including phenoxy) is 2. The molecular formula is C16H30N6O2. The van der Waals surface area contributed by atoms with Crippen LogP contribution in [-0.2, 0) is 22.4 Å². The van der Waals surface area contributed by atoms with Gasteiger partial charge in [0, 0.05) is 52.2 Å². The van der Waals surface area contributed by atoms with E-state index < -0.39 is 0 Å². The number of hydrogen-bond donors (Lipinski definition) is 2. The van der Waals surface area contributed by atoms with Crippen molar-refractivity contribution in [3.63, 3.8) is 0 Å². The van der Waals surface area contributed by atoms with Gasteiger partial charge in [-0.25, -0.2) is 0 Å². The molecule has 0 bridgehead atoms. The summed E-state index contributed by atoms with van der Waals surface area (Å²) in [6.45, 7) is 7.83. The topological polar surface area (TPSA) is 85.6 Å². The molecule has 0 radical (unpaired) electrons. The van der Waals surface area contributed by atoms with E-state index in [1.807, 2.05) is 0 Å². The molecule has 1 fully saturated rings. The summed E-state index contributed by atoms with van der Waals surface area (Å²) in [5.41, 5.74) is 0. The molecule has 0 aliphatic carbocycles. The molecule has 1 aliphatic heterocycles. The molecule has 136 valence electrons. The highest BCUT2D eigenvalue weighted by Crippen LogP contribution is 2.12. The van der Waals surface area contributed by atoms with Gasteiger partial charge in [-0.2, -0.15) is 0 Å². The zero-order chi connectivity index (χ0) is 17.0. The van der Waals surface area contributed by atoms with E-state index in [0.29, 0.717) is 5.92 Å². The van der Waals surface area contributed by atoms with E-state index in [9.17, 15) is 0 Å². The third kappa shape index (κ3) is 6.45. The number of nitrogens with zero attached hydrogens (tertiary/aromatic N) is 4. The Kier molecular flexibility index (Phi) is 8.54. The molecule has 0 aromatic carbocycles. The van der Waals surface area contributed by atoms with E-state index in [2.05, 4.69) is 37.3 Å². The summed E-state index contributed by atoms with van der Waals surface area (Å²) in [5.74, 6) is 2.40. The molecule has 1 aromatic heterocycles. The van der Waals surface area contributed by atoms with Crippen LogP contribution in [0.1, 0.15) is 25.6 Å². The summed E-state index contributed by atoms with van der Waals surface area (Å²) in [7, 11) is 1.78. The minimum Gasteiger partial charge on any atom is -0.381 e. The molecular weight excluding hydrogens is 308 g/mol. The van der Waals surface area contributed by atoms with Crippen molar-refractivity contribution in [3.05, 3.63) is 12.2 Å². The quantitative estimate of drug-likeness (QED) is 0.366. The lowest BCUT2D eigenvalue weighted by Gasteiger charge is -2.13. The molecule has 1 saturated heterocycles. The van der Waals surface area contributed by atoms with E-state index in [4.69, 9.17) is 9.47 Å². The summed E-state index contributed by atoms with van der Waals surface area (Å²) in [6.07, 6.45) is 4.74. The maximum atomic E-state index is 5.69. The first-order valence-electron chi connectivity index (χ1n) is 8.80. The van der Waals surface area contributed by atoms with Gasteiger partial charge in [-0.1, -0.05) is 6.92 Å². The van der Waals surface area contributed by atoms with Crippen LogP contribution in [0.2, 0.25) is 0 Å². The van der Waals surface area contributed by atoms with Gasteiger partial charge in [-0.15, -0.1) is 10.2 Å². The normalized spacial score (nSPS) is 18.1. The van der Waals surface area contributed by atoms with Crippen molar-refractivity contribution in [2.45, 2.75) is 32.7 Å². The molecule has 8 heteroatoms. The van der Waals surface area contributed by atoms with Crippen LogP contribution in [-0.4, -0.2) is 67.3 Å². The van der Waals surface area contributed by atoms with Crippen molar-refractivity contribution in [2.24, 2.45) is 10.9 Å². The van der Waals surface area contributed by atoms with E-state index in [0.717, 1.165) is 77.1 Å². The van der Waals surface area contributed by atoms with Crippen molar-refractivity contribution in [1.29, 1.82) is 0 Å². The second-order valence-electron chi connectivity index (χ2n) is 5.88. The van der Waals surface area contributed by atoms with Crippen molar-refractivity contribution in [3.8, 4) is 0 Å². The monoisotopic (exact) mass is 338 g/mol. The van der Waals surface area contributed by atoms with Crippen molar-refractivity contribution >= 4 is 5.96 Å². The number of aryl methyl sites for hydroxylation is 1. The Labute approximate surface area is 144 Å². The van der Waals surface area contributed by atoms with Gasteiger partial charge >= 0.3 is 0 Å². The summed E-state index contributed by atoms with van der Waals surface area (Å²) in [4.78, 5) is 4.23. The van der Waals surface area contributed by atoms with Crippen molar-refractivity contribution < 1.29 is 9.47 Å². The van der Waals surface area contributed by atoms with Gasteiger partial charge in [-0.3, -0.25) is 4.99 Å². The maximum Gasteiger partial charge on any atom is 0.191 e. The Morgan fingerprint density at radius 1 is 1.46 bits per heavy atom. The van der Waals surface area contributed by atoms with Gasteiger partial charge in [0.25, 0.3) is 0 Å². The van der Waals surface area contributed by atoms with E-state index in [-0.39, 0.29) is 0 Å². The summed E-state index contributed by atoms with van der Waals surface area (Å²) < 4.78 is 13.1. The minimum atomic E-state index is 0.582. The Hall–Kier alpha value is -1.67. The van der Waals surface area contributed by atoms with Gasteiger partial charge in [0.2, 0.25) is 0 Å². The van der Waals surface area contributed by atoms with Crippen molar-refractivity contribution in [1.82, 2.24) is 25.4 Å². The fraction of sp³-hybridized carbons (Fsp3) is 0.812. The Morgan fingerprint density at radius 3 is 3.08 bits per heavy atom. The third-order valence-electron chi connectivity index (χ3n) is 4.02. The number of nitrogens with one attached hydrogen (secondary N) is 2. The van der Waals surface area contributed by atoms with E-state index in [1.54, 1.807) is 13.4 Å². The molecule has 1 atom stereocenters. The molecule has 2 N–H and O–H groups in total. The van der Waals surface area contributed by atoms with E-state index >= 15 is 0 Å². The Balaban J connectivity index is 1.50. The van der Waals surface area contributed by atoms with Crippen LogP contribution < -0.4 is 10.6 Å². The van der Waals surface area contributed by atoms with Gasteiger partial charge in [0.1, 0.15) is 12.2 Å². The first-order chi connectivity index (χ1) is 11.8. The summed E-state index contributed by atoms with van der Waals surface area (Å²) >= 11 is 0. The smallest absolute Gasteiger partial charge is 0.191 e. The zero-order valence-electron chi connectivity index (χ0n) is 14.8. The third-order valence-corrected chi connectivity index (χ3v) is 4.02. The zero-order valence-corrected chi connectivity index (χ0v) is 14.8. The highest BCUT2D eigenvalue weighted by Gasteiger charge is 2.15. The maximum absolute atomic E-state index is 5.69.